The van der Waals surface area contributed by atoms with Gasteiger partial charge in [0.05, 0.1) is 15.9 Å². The molecule has 0 aliphatic rings. The van der Waals surface area contributed by atoms with Gasteiger partial charge in [-0.25, -0.2) is 0 Å². The summed E-state index contributed by atoms with van der Waals surface area (Å²) in [6.07, 6.45) is 0. The van der Waals surface area contributed by atoms with E-state index < -0.39 is 21.6 Å². The minimum absolute atomic E-state index is 0.0505. The van der Waals surface area contributed by atoms with Crippen LogP contribution in [0, 0.1) is 20.2 Å². The second kappa shape index (κ2) is 9.86. The number of azo groups is 1. The van der Waals surface area contributed by atoms with Crippen molar-refractivity contribution in [1.29, 1.82) is 0 Å². The first-order chi connectivity index (χ1) is 15.7. The molecule has 0 saturated carbocycles. The van der Waals surface area contributed by atoms with Crippen LogP contribution >= 0.6 is 0 Å². The summed E-state index contributed by atoms with van der Waals surface area (Å²) in [7, 11) is 7.78. The van der Waals surface area contributed by atoms with Crippen LogP contribution < -0.4 is 9.80 Å². The summed E-state index contributed by atoms with van der Waals surface area (Å²) < 4.78 is 0. The Balaban J connectivity index is 2.05. The van der Waals surface area contributed by atoms with E-state index in [0.717, 1.165) is 28.6 Å². The third-order valence-corrected chi connectivity index (χ3v) is 5.10. The summed E-state index contributed by atoms with van der Waals surface area (Å²) >= 11 is 0. The Bertz CT molecular complexity index is 1120. The van der Waals surface area contributed by atoms with Gasteiger partial charge in [0.15, 0.2) is 5.69 Å². The molecule has 0 aromatic heterocycles. The normalized spacial score (nSPS) is 11.1. The maximum Gasteiger partial charge on any atom is 0.303 e. The minimum Gasteiger partial charge on any atom is -0.378 e. The van der Waals surface area contributed by atoms with E-state index in [1.807, 2.05) is 86.5 Å². The first-order valence-corrected chi connectivity index (χ1v) is 10.1. The van der Waals surface area contributed by atoms with E-state index in [1.54, 1.807) is 0 Å². The van der Waals surface area contributed by atoms with Crippen LogP contribution in [0.4, 0.5) is 28.4 Å². The van der Waals surface area contributed by atoms with Crippen molar-refractivity contribution >= 4 is 28.4 Å². The molecule has 0 unspecified atom stereocenters. The molecule has 0 saturated heterocycles. The lowest BCUT2D eigenvalue weighted by atomic mass is 9.99. The van der Waals surface area contributed by atoms with Crippen LogP contribution in [0.3, 0.4) is 0 Å². The van der Waals surface area contributed by atoms with Gasteiger partial charge in [0.1, 0.15) is 6.04 Å². The van der Waals surface area contributed by atoms with E-state index in [-0.39, 0.29) is 11.4 Å². The van der Waals surface area contributed by atoms with Crippen molar-refractivity contribution in [3.05, 3.63) is 98.1 Å². The van der Waals surface area contributed by atoms with Crippen molar-refractivity contribution < 1.29 is 9.85 Å². The predicted octanol–water partition coefficient (Wildman–Crippen LogP) is 5.51. The average Bonchev–Trinajstić information content (AvgIpc) is 2.79. The van der Waals surface area contributed by atoms with E-state index in [1.165, 1.54) is 12.1 Å². The van der Waals surface area contributed by atoms with Crippen molar-refractivity contribution in [3.8, 4) is 0 Å². The zero-order valence-electron chi connectivity index (χ0n) is 18.7. The molecule has 0 spiro atoms. The molecule has 0 bridgehead atoms. The van der Waals surface area contributed by atoms with Crippen molar-refractivity contribution in [2.45, 2.75) is 6.04 Å². The molecule has 3 rings (SSSR count). The first-order valence-electron chi connectivity index (χ1n) is 10.1. The Labute approximate surface area is 191 Å². The molecule has 0 aliphatic carbocycles. The van der Waals surface area contributed by atoms with E-state index >= 15 is 0 Å². The minimum atomic E-state index is -0.700. The molecule has 0 heterocycles. The number of non-ortho nitro benzene ring substituents is 1. The van der Waals surface area contributed by atoms with E-state index in [0.29, 0.717) is 0 Å². The fraction of sp³-hybridized carbons (Fsp3) is 0.217. The summed E-state index contributed by atoms with van der Waals surface area (Å²) in [5.41, 5.74) is 2.84. The Hall–Kier alpha value is -4.34. The van der Waals surface area contributed by atoms with Crippen LogP contribution in [0.1, 0.15) is 17.2 Å². The van der Waals surface area contributed by atoms with Crippen LogP contribution in [-0.4, -0.2) is 38.0 Å². The molecule has 10 heteroatoms. The number of rotatable bonds is 8. The van der Waals surface area contributed by atoms with Crippen LogP contribution in [0.15, 0.2) is 77.0 Å². The van der Waals surface area contributed by atoms with Gasteiger partial charge in [0.25, 0.3) is 5.69 Å². The van der Waals surface area contributed by atoms with Gasteiger partial charge in [-0.2, -0.15) is 5.11 Å². The number of nitro groups is 2. The summed E-state index contributed by atoms with van der Waals surface area (Å²) in [6.45, 7) is 0. The Morgan fingerprint density at radius 2 is 1.21 bits per heavy atom. The van der Waals surface area contributed by atoms with Gasteiger partial charge in [-0.1, -0.05) is 24.3 Å². The molecule has 0 amide bonds. The Morgan fingerprint density at radius 1 is 0.727 bits per heavy atom. The summed E-state index contributed by atoms with van der Waals surface area (Å²) in [6, 6.07) is 18.4. The Morgan fingerprint density at radius 3 is 1.61 bits per heavy atom. The summed E-state index contributed by atoms with van der Waals surface area (Å²) in [5, 5.41) is 31.0. The lowest BCUT2D eigenvalue weighted by molar-refractivity contribution is -0.393. The van der Waals surface area contributed by atoms with Gasteiger partial charge < -0.3 is 9.80 Å². The van der Waals surface area contributed by atoms with Gasteiger partial charge in [0.2, 0.25) is 0 Å². The summed E-state index contributed by atoms with van der Waals surface area (Å²) in [4.78, 5) is 25.0. The highest BCUT2D eigenvalue weighted by molar-refractivity contribution is 5.61. The second-order valence-corrected chi connectivity index (χ2v) is 7.78. The highest BCUT2D eigenvalue weighted by Crippen LogP contribution is 2.35. The molecule has 0 aliphatic heterocycles. The zero-order valence-corrected chi connectivity index (χ0v) is 18.7. The second-order valence-electron chi connectivity index (χ2n) is 7.78. The van der Waals surface area contributed by atoms with Gasteiger partial charge >= 0.3 is 5.69 Å². The maximum atomic E-state index is 11.5. The van der Waals surface area contributed by atoms with E-state index in [4.69, 9.17) is 0 Å². The molecule has 170 valence electrons. The molecule has 0 fully saturated rings. The fourth-order valence-electron chi connectivity index (χ4n) is 3.21. The lowest BCUT2D eigenvalue weighted by Gasteiger charge is -2.17. The SMILES string of the molecule is CN(C)c1ccc(C(N=Nc2ccc([N+](=O)[O-])cc2[N+](=O)[O-])c2ccc(N(C)C)cc2)cc1. The highest BCUT2D eigenvalue weighted by atomic mass is 16.6. The quantitative estimate of drug-likeness (QED) is 0.255. The maximum absolute atomic E-state index is 11.5. The number of anilines is 2. The number of nitrogens with zero attached hydrogens (tertiary/aromatic N) is 6. The van der Waals surface area contributed by atoms with Crippen molar-refractivity contribution in [3.63, 3.8) is 0 Å². The number of benzene rings is 3. The van der Waals surface area contributed by atoms with Crippen LogP contribution in [0.2, 0.25) is 0 Å². The molecule has 3 aromatic rings. The standard InChI is InChI=1S/C23H24N6O4/c1-26(2)18-9-5-16(6-10-18)23(17-7-11-19(12-8-17)27(3)4)25-24-21-14-13-20(28(30)31)15-22(21)29(32)33/h5-15,23H,1-4H3. The number of nitro benzene ring substituents is 2. The molecule has 10 nitrogen and oxygen atoms in total. The zero-order chi connectivity index (χ0) is 24.1. The van der Waals surface area contributed by atoms with Crippen LogP contribution in [0.25, 0.3) is 0 Å². The predicted molar refractivity (Wildman–Crippen MR) is 128 cm³/mol. The third kappa shape index (κ3) is 5.48. The fourth-order valence-corrected chi connectivity index (χ4v) is 3.21. The Kier molecular flexibility index (Phi) is 6.97. The van der Waals surface area contributed by atoms with Crippen LogP contribution in [0.5, 0.6) is 0 Å². The van der Waals surface area contributed by atoms with Gasteiger partial charge in [0, 0.05) is 45.6 Å². The van der Waals surface area contributed by atoms with E-state index in [2.05, 4.69) is 10.2 Å². The van der Waals surface area contributed by atoms with Crippen LogP contribution in [-0.2, 0) is 0 Å². The number of hydrogen-bond acceptors (Lipinski definition) is 8. The molecule has 3 aromatic carbocycles. The largest absolute Gasteiger partial charge is 0.378 e. The summed E-state index contributed by atoms with van der Waals surface area (Å²) in [5.74, 6) is 0. The average molecular weight is 448 g/mol. The molecule has 0 atom stereocenters. The first kappa shape index (κ1) is 23.3. The highest BCUT2D eigenvalue weighted by Gasteiger charge is 2.21. The van der Waals surface area contributed by atoms with Crippen molar-refractivity contribution in [1.82, 2.24) is 0 Å². The molecular weight excluding hydrogens is 424 g/mol. The monoisotopic (exact) mass is 448 g/mol. The lowest BCUT2D eigenvalue weighted by Crippen LogP contribution is -2.09. The van der Waals surface area contributed by atoms with Gasteiger partial charge in [-0.15, -0.1) is 5.11 Å². The third-order valence-electron chi connectivity index (χ3n) is 5.10. The smallest absolute Gasteiger partial charge is 0.303 e. The molecule has 0 N–H and O–H groups in total. The molecular formula is C23H24N6O4. The molecule has 33 heavy (non-hydrogen) atoms. The van der Waals surface area contributed by atoms with Crippen molar-refractivity contribution in [2.24, 2.45) is 10.2 Å². The topological polar surface area (TPSA) is 117 Å². The molecule has 0 radical (unpaired) electrons. The van der Waals surface area contributed by atoms with E-state index in [9.17, 15) is 20.2 Å². The number of hydrogen-bond donors (Lipinski definition) is 0. The van der Waals surface area contributed by atoms with Gasteiger partial charge in [-0.3, -0.25) is 20.2 Å². The van der Waals surface area contributed by atoms with Crippen molar-refractivity contribution in [2.75, 3.05) is 38.0 Å². The van der Waals surface area contributed by atoms with Gasteiger partial charge in [-0.05, 0) is 41.5 Å².